The second-order valence-electron chi connectivity index (χ2n) is 5.82. The van der Waals surface area contributed by atoms with Crippen molar-refractivity contribution in [2.24, 2.45) is 4.99 Å². The molecular weight excluding hydrogens is 415 g/mol. The van der Waals surface area contributed by atoms with Crippen molar-refractivity contribution in [1.82, 2.24) is 0 Å². The number of carbonyl (C=O) groups is 2. The number of esters is 1. The molecule has 1 aliphatic heterocycles. The Labute approximate surface area is 165 Å². The van der Waals surface area contributed by atoms with Crippen LogP contribution in [0.4, 0.5) is 27.6 Å². The highest BCUT2D eigenvalue weighted by Gasteiger charge is 2.38. The number of nitrogens with one attached hydrogen (secondary N) is 1. The van der Waals surface area contributed by atoms with E-state index in [0.29, 0.717) is 5.56 Å². The largest absolute Gasteiger partial charge is 0.471 e. The van der Waals surface area contributed by atoms with Crippen molar-refractivity contribution in [2.75, 3.05) is 5.32 Å². The smallest absolute Gasteiger partial charge is 0.435 e. The van der Waals surface area contributed by atoms with Crippen molar-refractivity contribution >= 4 is 29.5 Å². The lowest BCUT2D eigenvalue weighted by Gasteiger charge is -2.08. The van der Waals surface area contributed by atoms with Gasteiger partial charge in [-0.2, -0.15) is 22.0 Å². The average Bonchev–Trinajstić information content (AvgIpc) is 3.02. The molecule has 1 heterocycles. The second-order valence-corrected chi connectivity index (χ2v) is 5.82. The van der Waals surface area contributed by atoms with Crippen LogP contribution in [0.1, 0.15) is 11.1 Å². The fraction of sp³-hybridized carbons (Fsp3) is 0.105. The number of hydrogen-bond donors (Lipinski definition) is 1. The summed E-state index contributed by atoms with van der Waals surface area (Å²) in [5.74, 6) is -3.13. The lowest BCUT2D eigenvalue weighted by molar-refractivity contribution is -0.167. The van der Waals surface area contributed by atoms with Crippen molar-refractivity contribution in [3.8, 4) is 5.75 Å². The van der Waals surface area contributed by atoms with Crippen LogP contribution in [0.25, 0.3) is 6.08 Å². The molecule has 2 aromatic carbocycles. The third-order valence-corrected chi connectivity index (χ3v) is 3.65. The van der Waals surface area contributed by atoms with Crippen molar-refractivity contribution in [2.45, 2.75) is 12.8 Å². The molecule has 0 unspecified atom stereocenters. The third kappa shape index (κ3) is 5.19. The Kier molecular flexibility index (Phi) is 5.81. The summed E-state index contributed by atoms with van der Waals surface area (Å²) in [6, 6.07) is 10.5. The molecule has 2 aromatic rings. The molecule has 30 heavy (non-hydrogen) atoms. The van der Waals surface area contributed by atoms with E-state index in [-0.39, 0.29) is 28.6 Å². The quantitative estimate of drug-likeness (QED) is 0.443. The number of aliphatic imine (C=N–C) groups is 1. The fourth-order valence-corrected chi connectivity index (χ4v) is 2.38. The molecule has 0 aromatic heterocycles. The van der Waals surface area contributed by atoms with E-state index in [9.17, 15) is 31.5 Å². The summed E-state index contributed by atoms with van der Waals surface area (Å²) >= 11 is 0. The SMILES string of the molecule is O=C1OC(c2ccc(OC(F)F)cc2)=N/C1=C/c1cccc(NC(=O)C(F)(F)F)c1. The van der Waals surface area contributed by atoms with Crippen LogP contribution < -0.4 is 10.1 Å². The molecule has 156 valence electrons. The summed E-state index contributed by atoms with van der Waals surface area (Å²) < 4.78 is 70.7. The van der Waals surface area contributed by atoms with E-state index in [4.69, 9.17) is 4.74 Å². The lowest BCUT2D eigenvalue weighted by atomic mass is 10.1. The van der Waals surface area contributed by atoms with Crippen LogP contribution in [0.5, 0.6) is 5.75 Å². The first-order valence-electron chi connectivity index (χ1n) is 8.18. The normalized spacial score (nSPS) is 15.2. The minimum absolute atomic E-state index is 0.0867. The maximum atomic E-state index is 12.4. The summed E-state index contributed by atoms with van der Waals surface area (Å²) in [6.07, 6.45) is -3.79. The number of hydrogen-bond acceptors (Lipinski definition) is 5. The van der Waals surface area contributed by atoms with Gasteiger partial charge in [0, 0.05) is 11.3 Å². The van der Waals surface area contributed by atoms with Crippen LogP contribution in [0.15, 0.2) is 59.2 Å². The molecule has 0 saturated carbocycles. The Hall–Kier alpha value is -3.76. The summed E-state index contributed by atoms with van der Waals surface area (Å²) in [5, 5.41) is 1.70. The zero-order chi connectivity index (χ0) is 21.9. The van der Waals surface area contributed by atoms with Crippen LogP contribution in [0, 0.1) is 0 Å². The molecule has 1 aliphatic rings. The number of cyclic esters (lactones) is 1. The van der Waals surface area contributed by atoms with Gasteiger partial charge in [0.1, 0.15) is 5.75 Å². The van der Waals surface area contributed by atoms with E-state index in [1.54, 1.807) is 5.32 Å². The van der Waals surface area contributed by atoms with Crippen LogP contribution in [0.2, 0.25) is 0 Å². The van der Waals surface area contributed by atoms with Gasteiger partial charge in [-0.15, -0.1) is 0 Å². The number of halogens is 5. The third-order valence-electron chi connectivity index (χ3n) is 3.65. The number of amides is 1. The predicted octanol–water partition coefficient (Wildman–Crippen LogP) is 4.13. The first-order chi connectivity index (χ1) is 14.1. The van der Waals surface area contributed by atoms with Crippen LogP contribution in [-0.2, 0) is 14.3 Å². The van der Waals surface area contributed by atoms with E-state index in [0.717, 1.165) is 0 Å². The molecule has 0 spiro atoms. The Bertz CT molecular complexity index is 1030. The van der Waals surface area contributed by atoms with E-state index in [1.165, 1.54) is 54.6 Å². The van der Waals surface area contributed by atoms with Crippen molar-refractivity contribution in [1.29, 1.82) is 0 Å². The predicted molar refractivity (Wildman–Crippen MR) is 94.8 cm³/mol. The first-order valence-corrected chi connectivity index (χ1v) is 8.18. The number of anilines is 1. The molecule has 1 N–H and O–H groups in total. The molecule has 3 rings (SSSR count). The standard InChI is InChI=1S/C19H11F5N2O4/c20-18(21)29-13-6-4-11(5-7-13)15-26-14(16(27)30-15)9-10-2-1-3-12(8-10)25-17(28)19(22,23)24/h1-9,18H,(H,25,28)/b14-9+. The number of nitrogens with zero attached hydrogens (tertiary/aromatic N) is 1. The zero-order valence-electron chi connectivity index (χ0n) is 14.7. The van der Waals surface area contributed by atoms with E-state index >= 15 is 0 Å². The molecule has 1 amide bonds. The van der Waals surface area contributed by atoms with E-state index in [1.807, 2.05) is 0 Å². The van der Waals surface area contributed by atoms with Gasteiger partial charge in [-0.25, -0.2) is 9.79 Å². The van der Waals surface area contributed by atoms with Gasteiger partial charge in [-0.05, 0) is 48.0 Å². The highest BCUT2D eigenvalue weighted by Crippen LogP contribution is 2.23. The van der Waals surface area contributed by atoms with E-state index in [2.05, 4.69) is 9.73 Å². The molecule has 6 nitrogen and oxygen atoms in total. The topological polar surface area (TPSA) is 77.0 Å². The van der Waals surface area contributed by atoms with Crippen molar-refractivity contribution in [3.05, 3.63) is 65.4 Å². The zero-order valence-corrected chi connectivity index (χ0v) is 14.7. The summed E-state index contributed by atoms with van der Waals surface area (Å²) in [4.78, 5) is 27.1. The molecule has 11 heteroatoms. The minimum Gasteiger partial charge on any atom is -0.435 e. The van der Waals surface area contributed by atoms with E-state index < -0.39 is 24.7 Å². The number of alkyl halides is 5. The Morgan fingerprint density at radius 1 is 1.13 bits per heavy atom. The summed E-state index contributed by atoms with van der Waals surface area (Å²) in [6.45, 7) is -2.98. The van der Waals surface area contributed by atoms with Gasteiger partial charge >= 0.3 is 24.7 Å². The number of carbonyl (C=O) groups excluding carboxylic acids is 2. The number of ether oxygens (including phenoxy) is 2. The maximum absolute atomic E-state index is 12.4. The van der Waals surface area contributed by atoms with Gasteiger partial charge in [0.25, 0.3) is 0 Å². The van der Waals surface area contributed by atoms with Gasteiger partial charge in [0.05, 0.1) is 0 Å². The van der Waals surface area contributed by atoms with Gasteiger partial charge in [0.2, 0.25) is 5.90 Å². The molecule has 0 radical (unpaired) electrons. The second kappa shape index (κ2) is 8.31. The summed E-state index contributed by atoms with van der Waals surface area (Å²) in [5.41, 5.74) is 0.334. The Morgan fingerprint density at radius 2 is 1.83 bits per heavy atom. The van der Waals surface area contributed by atoms with Crippen LogP contribution in [0.3, 0.4) is 0 Å². The van der Waals surface area contributed by atoms with Crippen LogP contribution in [-0.4, -0.2) is 30.6 Å². The Morgan fingerprint density at radius 3 is 2.47 bits per heavy atom. The van der Waals surface area contributed by atoms with Gasteiger partial charge in [0.15, 0.2) is 5.70 Å². The lowest BCUT2D eigenvalue weighted by Crippen LogP contribution is -2.29. The number of benzene rings is 2. The highest BCUT2D eigenvalue weighted by atomic mass is 19.4. The fourth-order valence-electron chi connectivity index (χ4n) is 2.38. The molecule has 0 saturated heterocycles. The molecule has 0 fully saturated rings. The molecule has 0 aliphatic carbocycles. The van der Waals surface area contributed by atoms with Gasteiger partial charge in [-0.3, -0.25) is 4.79 Å². The van der Waals surface area contributed by atoms with Crippen molar-refractivity contribution < 1.29 is 41.0 Å². The molecule has 0 bridgehead atoms. The van der Waals surface area contributed by atoms with Crippen LogP contribution >= 0.6 is 0 Å². The number of rotatable bonds is 5. The van der Waals surface area contributed by atoms with Crippen molar-refractivity contribution in [3.63, 3.8) is 0 Å². The highest BCUT2D eigenvalue weighted by molar-refractivity contribution is 6.13. The van der Waals surface area contributed by atoms with Gasteiger partial charge in [-0.1, -0.05) is 12.1 Å². The Balaban J connectivity index is 1.79. The minimum atomic E-state index is -5.04. The monoisotopic (exact) mass is 426 g/mol. The molecule has 0 atom stereocenters. The van der Waals surface area contributed by atoms with Gasteiger partial charge < -0.3 is 14.8 Å². The summed E-state index contributed by atoms with van der Waals surface area (Å²) in [7, 11) is 0. The first kappa shape index (κ1) is 21.0. The maximum Gasteiger partial charge on any atom is 0.471 e. The average molecular weight is 426 g/mol. The molecular formula is C19H11F5N2O4.